The second kappa shape index (κ2) is 6.55. The van der Waals surface area contributed by atoms with Gasteiger partial charge in [-0.2, -0.15) is 0 Å². The lowest BCUT2D eigenvalue weighted by Gasteiger charge is -2.06. The maximum absolute atomic E-state index is 10.8. The molecule has 2 heterocycles. The van der Waals surface area contributed by atoms with Crippen molar-refractivity contribution >= 4 is 46.6 Å². The summed E-state index contributed by atoms with van der Waals surface area (Å²) in [5, 5.41) is 10.8. The van der Waals surface area contributed by atoms with E-state index in [1.54, 1.807) is 11.7 Å². The summed E-state index contributed by atoms with van der Waals surface area (Å²) in [7, 11) is 1.62. The number of ether oxygens (including phenoxy) is 1. The predicted octanol–water partition coefficient (Wildman–Crippen LogP) is 5.63. The van der Waals surface area contributed by atoms with E-state index >= 15 is 0 Å². The Hall–Kier alpha value is -2.70. The number of para-hydroxylation sites is 1. The van der Waals surface area contributed by atoms with E-state index < -0.39 is 0 Å². The summed E-state index contributed by atoms with van der Waals surface area (Å²) in [6.07, 6.45) is 1.96. The number of thiazole rings is 1. The SMILES string of the molecule is COc1ccc(-n2c(O)c(/C=C3/C(C)=Nc4ccccc43)sc2=S)cc1. The minimum atomic E-state index is 0.134. The van der Waals surface area contributed by atoms with Crippen molar-refractivity contribution in [3.8, 4) is 17.3 Å². The Morgan fingerprint density at radius 1 is 1.15 bits per heavy atom. The molecule has 0 saturated carbocycles. The molecule has 1 aliphatic heterocycles. The van der Waals surface area contributed by atoms with Crippen molar-refractivity contribution in [3.63, 3.8) is 0 Å². The Balaban J connectivity index is 1.80. The average molecular weight is 380 g/mol. The molecule has 0 spiro atoms. The summed E-state index contributed by atoms with van der Waals surface area (Å²) < 4.78 is 7.44. The van der Waals surface area contributed by atoms with Crippen LogP contribution in [0.5, 0.6) is 11.6 Å². The van der Waals surface area contributed by atoms with Gasteiger partial charge in [0.25, 0.3) is 0 Å². The van der Waals surface area contributed by atoms with Crippen molar-refractivity contribution in [2.75, 3.05) is 7.11 Å². The van der Waals surface area contributed by atoms with Gasteiger partial charge in [0.15, 0.2) is 3.95 Å². The van der Waals surface area contributed by atoms with Crippen LogP contribution in [0.1, 0.15) is 17.4 Å². The molecule has 1 aliphatic rings. The third-order valence-electron chi connectivity index (χ3n) is 4.29. The molecule has 0 unspecified atom stereocenters. The molecule has 0 aliphatic carbocycles. The molecule has 130 valence electrons. The summed E-state index contributed by atoms with van der Waals surface area (Å²) in [5.74, 6) is 0.890. The summed E-state index contributed by atoms with van der Waals surface area (Å²) in [4.78, 5) is 5.31. The molecule has 0 saturated heterocycles. The third-order valence-corrected chi connectivity index (χ3v) is 5.60. The molecule has 4 nitrogen and oxygen atoms in total. The van der Waals surface area contributed by atoms with Gasteiger partial charge in [0.1, 0.15) is 5.75 Å². The van der Waals surface area contributed by atoms with Crippen LogP contribution in [0.4, 0.5) is 5.69 Å². The lowest BCUT2D eigenvalue weighted by Crippen LogP contribution is -1.94. The van der Waals surface area contributed by atoms with Crippen molar-refractivity contribution in [1.82, 2.24) is 4.57 Å². The summed E-state index contributed by atoms with van der Waals surface area (Å²) >= 11 is 6.86. The number of aromatic nitrogens is 1. The Bertz CT molecular complexity index is 1110. The third kappa shape index (κ3) is 2.77. The normalized spacial score (nSPS) is 14.4. The van der Waals surface area contributed by atoms with Gasteiger partial charge in [-0.3, -0.25) is 9.56 Å². The van der Waals surface area contributed by atoms with Crippen LogP contribution in [-0.2, 0) is 0 Å². The molecule has 1 N–H and O–H groups in total. The molecule has 26 heavy (non-hydrogen) atoms. The zero-order valence-corrected chi connectivity index (χ0v) is 15.9. The lowest BCUT2D eigenvalue weighted by atomic mass is 10.0. The van der Waals surface area contributed by atoms with Crippen LogP contribution in [0.3, 0.4) is 0 Å². The maximum atomic E-state index is 10.8. The fraction of sp³-hybridized carbons (Fsp3) is 0.100. The van der Waals surface area contributed by atoms with Crippen molar-refractivity contribution in [2.24, 2.45) is 4.99 Å². The Morgan fingerprint density at radius 2 is 1.88 bits per heavy atom. The van der Waals surface area contributed by atoms with Crippen molar-refractivity contribution in [1.29, 1.82) is 0 Å². The number of rotatable bonds is 3. The molecular weight excluding hydrogens is 364 g/mol. The number of methoxy groups -OCH3 is 1. The van der Waals surface area contributed by atoms with Gasteiger partial charge >= 0.3 is 0 Å². The van der Waals surface area contributed by atoms with Crippen LogP contribution in [0.15, 0.2) is 53.5 Å². The van der Waals surface area contributed by atoms with Gasteiger partial charge in [0, 0.05) is 16.8 Å². The molecule has 6 heteroatoms. The van der Waals surface area contributed by atoms with Crippen molar-refractivity contribution in [3.05, 3.63) is 62.9 Å². The van der Waals surface area contributed by atoms with Crippen LogP contribution in [0, 0.1) is 3.95 Å². The molecule has 2 aromatic carbocycles. The zero-order chi connectivity index (χ0) is 18.3. The Kier molecular flexibility index (Phi) is 4.22. The zero-order valence-electron chi connectivity index (χ0n) is 14.3. The van der Waals surface area contributed by atoms with E-state index in [4.69, 9.17) is 17.0 Å². The van der Waals surface area contributed by atoms with Crippen LogP contribution >= 0.6 is 23.6 Å². The number of aliphatic imine (C=N–C) groups is 1. The quantitative estimate of drug-likeness (QED) is 0.599. The highest BCUT2D eigenvalue weighted by Crippen LogP contribution is 2.39. The molecule has 0 bridgehead atoms. The smallest absolute Gasteiger partial charge is 0.215 e. The second-order valence-corrected chi connectivity index (χ2v) is 7.54. The number of aromatic hydroxyl groups is 1. The fourth-order valence-corrected chi connectivity index (χ4v) is 4.27. The lowest BCUT2D eigenvalue weighted by molar-refractivity contribution is 0.414. The van der Waals surface area contributed by atoms with Gasteiger partial charge in [0.2, 0.25) is 5.88 Å². The van der Waals surface area contributed by atoms with Crippen LogP contribution < -0.4 is 4.74 Å². The van der Waals surface area contributed by atoms with Gasteiger partial charge in [-0.15, -0.1) is 11.3 Å². The minimum absolute atomic E-state index is 0.134. The monoisotopic (exact) mass is 380 g/mol. The van der Waals surface area contributed by atoms with Crippen molar-refractivity contribution < 1.29 is 9.84 Å². The highest BCUT2D eigenvalue weighted by molar-refractivity contribution is 7.73. The first-order chi connectivity index (χ1) is 12.6. The predicted molar refractivity (Wildman–Crippen MR) is 110 cm³/mol. The molecule has 0 atom stereocenters. The van der Waals surface area contributed by atoms with Crippen LogP contribution in [0.25, 0.3) is 17.3 Å². The van der Waals surface area contributed by atoms with Gasteiger partial charge in [-0.25, -0.2) is 0 Å². The molecule has 1 aromatic heterocycles. The summed E-state index contributed by atoms with van der Waals surface area (Å²) in [6.45, 7) is 1.97. The molecular formula is C20H16N2O2S2. The van der Waals surface area contributed by atoms with Gasteiger partial charge in [-0.1, -0.05) is 18.2 Å². The van der Waals surface area contributed by atoms with E-state index in [2.05, 4.69) is 4.99 Å². The Morgan fingerprint density at radius 3 is 2.62 bits per heavy atom. The van der Waals surface area contributed by atoms with E-state index in [0.717, 1.165) is 34.0 Å². The Labute approximate surface area is 160 Å². The highest BCUT2D eigenvalue weighted by atomic mass is 32.1. The number of allylic oxidation sites excluding steroid dienone is 1. The first-order valence-electron chi connectivity index (χ1n) is 8.04. The number of nitrogens with zero attached hydrogens (tertiary/aromatic N) is 2. The largest absolute Gasteiger partial charge is 0.497 e. The van der Waals surface area contributed by atoms with E-state index in [1.165, 1.54) is 11.3 Å². The van der Waals surface area contributed by atoms with Gasteiger partial charge in [-0.05, 0) is 55.5 Å². The summed E-state index contributed by atoms with van der Waals surface area (Å²) in [5.41, 5.74) is 4.76. The standard InChI is InChI=1S/C20H16N2O2S2/c1-12-16(15-5-3-4-6-17(15)21-12)11-18-19(23)22(20(25)26-18)13-7-9-14(24-2)10-8-13/h3-11,23H,1-2H3/b16-11-. The van der Waals surface area contributed by atoms with Gasteiger partial charge in [0.05, 0.1) is 23.4 Å². The number of benzene rings is 2. The molecule has 0 radical (unpaired) electrons. The fourth-order valence-electron chi connectivity index (χ4n) is 2.98. The van der Waals surface area contributed by atoms with E-state index in [0.29, 0.717) is 8.83 Å². The minimum Gasteiger partial charge on any atom is -0.497 e. The highest BCUT2D eigenvalue weighted by Gasteiger charge is 2.19. The first kappa shape index (κ1) is 16.8. The average Bonchev–Trinajstić information content (AvgIpc) is 3.11. The molecule has 3 aromatic rings. The van der Waals surface area contributed by atoms with E-state index in [1.807, 2.05) is 61.5 Å². The topological polar surface area (TPSA) is 46.8 Å². The van der Waals surface area contributed by atoms with Crippen LogP contribution in [0.2, 0.25) is 0 Å². The van der Waals surface area contributed by atoms with Crippen LogP contribution in [-0.4, -0.2) is 22.5 Å². The number of fused-ring (bicyclic) bond motifs is 1. The first-order valence-corrected chi connectivity index (χ1v) is 9.27. The number of hydrogen-bond donors (Lipinski definition) is 1. The molecule has 0 amide bonds. The van der Waals surface area contributed by atoms with Gasteiger partial charge < -0.3 is 9.84 Å². The van der Waals surface area contributed by atoms with E-state index in [-0.39, 0.29) is 5.88 Å². The maximum Gasteiger partial charge on any atom is 0.215 e. The summed E-state index contributed by atoms with van der Waals surface area (Å²) in [6, 6.07) is 15.4. The van der Waals surface area contributed by atoms with Crippen molar-refractivity contribution in [2.45, 2.75) is 6.92 Å². The number of hydrogen-bond acceptors (Lipinski definition) is 5. The molecule has 0 fully saturated rings. The van der Waals surface area contributed by atoms with E-state index in [9.17, 15) is 5.11 Å². The molecule has 4 rings (SSSR count). The second-order valence-electron chi connectivity index (χ2n) is 5.86.